The number of carbonyl (C=O) groups is 1. The molecule has 5 nitrogen and oxygen atoms in total. The number of aromatic amines is 1. The van der Waals surface area contributed by atoms with Crippen molar-refractivity contribution >= 4 is 5.91 Å². The van der Waals surface area contributed by atoms with Crippen LogP contribution in [-0.4, -0.2) is 42.0 Å². The van der Waals surface area contributed by atoms with Crippen molar-refractivity contribution in [1.82, 2.24) is 15.2 Å². The van der Waals surface area contributed by atoms with Crippen LogP contribution in [0.1, 0.15) is 30.6 Å². The number of amides is 1. The molecule has 0 aromatic carbocycles. The van der Waals surface area contributed by atoms with E-state index in [2.05, 4.69) is 29.0 Å². The maximum absolute atomic E-state index is 11.7. The zero-order valence-electron chi connectivity index (χ0n) is 11.0. The summed E-state index contributed by atoms with van der Waals surface area (Å²) in [6, 6.07) is 2.88. The van der Waals surface area contributed by atoms with Crippen LogP contribution in [0, 0.1) is 0 Å². The monoisotopic (exact) mass is 251 g/mol. The molecular weight excluding hydrogens is 230 g/mol. The molecule has 0 atom stereocenters. The minimum atomic E-state index is -0.201. The lowest BCUT2D eigenvalue weighted by Gasteiger charge is -2.17. The summed E-state index contributed by atoms with van der Waals surface area (Å²) in [5.41, 5.74) is 0.283. The van der Waals surface area contributed by atoms with Gasteiger partial charge in [-0.25, -0.2) is 0 Å². The standard InChI is InChI=1S/C13H21N3O2/c1-3-16(4-2)9-5-8-14-13(18)11-6-7-12(17)15-10-11/h6-7,10H,3-5,8-9H2,1-2H3,(H,14,18)(H,15,17). The number of pyridine rings is 1. The molecule has 0 spiro atoms. The number of rotatable bonds is 7. The molecule has 0 bridgehead atoms. The predicted octanol–water partition coefficient (Wildman–Crippen LogP) is 0.837. The van der Waals surface area contributed by atoms with Crippen molar-refractivity contribution in [1.29, 1.82) is 0 Å². The molecule has 0 fully saturated rings. The van der Waals surface area contributed by atoms with E-state index in [4.69, 9.17) is 0 Å². The molecule has 0 saturated heterocycles. The lowest BCUT2D eigenvalue weighted by Crippen LogP contribution is -2.30. The number of carbonyl (C=O) groups excluding carboxylic acids is 1. The number of nitrogens with one attached hydrogen (secondary N) is 2. The van der Waals surface area contributed by atoms with Crippen molar-refractivity contribution in [2.24, 2.45) is 0 Å². The average Bonchev–Trinajstić information content (AvgIpc) is 2.39. The summed E-state index contributed by atoms with van der Waals surface area (Å²) in [5.74, 6) is -0.147. The number of hydrogen-bond acceptors (Lipinski definition) is 3. The fourth-order valence-electron chi connectivity index (χ4n) is 1.70. The summed E-state index contributed by atoms with van der Waals surface area (Å²) in [5, 5.41) is 2.83. The first-order chi connectivity index (χ1) is 8.67. The summed E-state index contributed by atoms with van der Waals surface area (Å²) in [6.45, 7) is 7.95. The molecule has 0 radical (unpaired) electrons. The van der Waals surface area contributed by atoms with Gasteiger partial charge in [-0.15, -0.1) is 0 Å². The molecule has 1 amide bonds. The van der Waals surface area contributed by atoms with Gasteiger partial charge in [0.2, 0.25) is 5.56 Å². The Morgan fingerprint density at radius 3 is 2.61 bits per heavy atom. The molecular formula is C13H21N3O2. The van der Waals surface area contributed by atoms with E-state index in [1.165, 1.54) is 18.3 Å². The fourth-order valence-corrected chi connectivity index (χ4v) is 1.70. The first kappa shape index (κ1) is 14.4. The lowest BCUT2D eigenvalue weighted by atomic mass is 10.2. The van der Waals surface area contributed by atoms with Crippen LogP contribution in [0.25, 0.3) is 0 Å². The Morgan fingerprint density at radius 2 is 2.06 bits per heavy atom. The van der Waals surface area contributed by atoms with E-state index in [0.717, 1.165) is 26.1 Å². The van der Waals surface area contributed by atoms with E-state index < -0.39 is 0 Å². The van der Waals surface area contributed by atoms with Gasteiger partial charge in [-0.1, -0.05) is 13.8 Å². The molecule has 100 valence electrons. The van der Waals surface area contributed by atoms with E-state index in [1.54, 1.807) is 0 Å². The highest BCUT2D eigenvalue weighted by molar-refractivity contribution is 5.93. The second kappa shape index (κ2) is 7.66. The number of aromatic nitrogens is 1. The molecule has 0 unspecified atom stereocenters. The lowest BCUT2D eigenvalue weighted by molar-refractivity contribution is 0.0951. The third kappa shape index (κ3) is 4.71. The van der Waals surface area contributed by atoms with Gasteiger partial charge in [0.05, 0.1) is 5.56 Å². The highest BCUT2D eigenvalue weighted by Gasteiger charge is 2.04. The van der Waals surface area contributed by atoms with Crippen LogP contribution < -0.4 is 10.9 Å². The predicted molar refractivity (Wildman–Crippen MR) is 71.8 cm³/mol. The van der Waals surface area contributed by atoms with Gasteiger partial charge in [-0.2, -0.15) is 0 Å². The van der Waals surface area contributed by atoms with Gasteiger partial charge >= 0.3 is 0 Å². The fraction of sp³-hybridized carbons (Fsp3) is 0.538. The second-order valence-corrected chi connectivity index (χ2v) is 4.08. The molecule has 1 heterocycles. The Balaban J connectivity index is 2.29. The first-order valence-corrected chi connectivity index (χ1v) is 6.36. The highest BCUT2D eigenvalue weighted by atomic mass is 16.1. The minimum absolute atomic E-state index is 0.147. The zero-order chi connectivity index (χ0) is 13.4. The third-order valence-corrected chi connectivity index (χ3v) is 2.88. The minimum Gasteiger partial charge on any atom is -0.352 e. The van der Waals surface area contributed by atoms with Gasteiger partial charge in [-0.3, -0.25) is 9.59 Å². The largest absolute Gasteiger partial charge is 0.352 e. The summed E-state index contributed by atoms with van der Waals surface area (Å²) >= 11 is 0. The molecule has 1 aromatic rings. The van der Waals surface area contributed by atoms with E-state index in [1.807, 2.05) is 0 Å². The van der Waals surface area contributed by atoms with Crippen LogP contribution in [0.5, 0.6) is 0 Å². The summed E-state index contributed by atoms with van der Waals surface area (Å²) in [7, 11) is 0. The molecule has 0 saturated carbocycles. The maximum atomic E-state index is 11.7. The Hall–Kier alpha value is -1.62. The Labute approximate surface area is 107 Å². The molecule has 1 aromatic heterocycles. The van der Waals surface area contributed by atoms with Gasteiger partial charge in [-0.05, 0) is 32.1 Å². The van der Waals surface area contributed by atoms with Crippen molar-refractivity contribution in [2.45, 2.75) is 20.3 Å². The quantitative estimate of drug-likeness (QED) is 0.706. The first-order valence-electron chi connectivity index (χ1n) is 6.36. The molecule has 2 N–H and O–H groups in total. The molecule has 0 aliphatic heterocycles. The molecule has 0 aliphatic carbocycles. The normalized spacial score (nSPS) is 10.6. The second-order valence-electron chi connectivity index (χ2n) is 4.08. The van der Waals surface area contributed by atoms with Crippen LogP contribution in [0.3, 0.4) is 0 Å². The Bertz CT molecular complexity index is 404. The van der Waals surface area contributed by atoms with E-state index in [-0.39, 0.29) is 11.5 Å². The van der Waals surface area contributed by atoms with Crippen LogP contribution in [0.4, 0.5) is 0 Å². The third-order valence-electron chi connectivity index (χ3n) is 2.88. The van der Waals surface area contributed by atoms with Crippen LogP contribution in [0.15, 0.2) is 23.1 Å². The van der Waals surface area contributed by atoms with Gasteiger partial charge in [0.25, 0.3) is 5.91 Å². The van der Waals surface area contributed by atoms with Gasteiger partial charge < -0.3 is 15.2 Å². The van der Waals surface area contributed by atoms with Gasteiger partial charge in [0.1, 0.15) is 0 Å². The van der Waals surface area contributed by atoms with Gasteiger partial charge in [0, 0.05) is 18.8 Å². The van der Waals surface area contributed by atoms with Crippen molar-refractivity contribution < 1.29 is 4.79 Å². The Morgan fingerprint density at radius 1 is 1.33 bits per heavy atom. The number of nitrogens with zero attached hydrogens (tertiary/aromatic N) is 1. The smallest absolute Gasteiger partial charge is 0.252 e. The summed E-state index contributed by atoms with van der Waals surface area (Å²) < 4.78 is 0. The molecule has 18 heavy (non-hydrogen) atoms. The average molecular weight is 251 g/mol. The topological polar surface area (TPSA) is 65.2 Å². The van der Waals surface area contributed by atoms with Gasteiger partial charge in [0.15, 0.2) is 0 Å². The van der Waals surface area contributed by atoms with Crippen LogP contribution in [-0.2, 0) is 0 Å². The van der Waals surface area contributed by atoms with Crippen molar-refractivity contribution in [3.8, 4) is 0 Å². The van der Waals surface area contributed by atoms with Crippen molar-refractivity contribution in [3.63, 3.8) is 0 Å². The summed E-state index contributed by atoms with van der Waals surface area (Å²) in [6.07, 6.45) is 2.36. The number of H-pyrrole nitrogens is 1. The van der Waals surface area contributed by atoms with Crippen LogP contribution in [0.2, 0.25) is 0 Å². The molecule has 5 heteroatoms. The van der Waals surface area contributed by atoms with E-state index in [0.29, 0.717) is 12.1 Å². The SMILES string of the molecule is CCN(CC)CCCNC(=O)c1ccc(=O)[nH]c1. The Kier molecular flexibility index (Phi) is 6.14. The highest BCUT2D eigenvalue weighted by Crippen LogP contribution is 1.94. The van der Waals surface area contributed by atoms with Crippen molar-refractivity contribution in [2.75, 3.05) is 26.2 Å². The maximum Gasteiger partial charge on any atom is 0.252 e. The van der Waals surface area contributed by atoms with Crippen molar-refractivity contribution in [3.05, 3.63) is 34.2 Å². The van der Waals surface area contributed by atoms with Crippen LogP contribution >= 0.6 is 0 Å². The van der Waals surface area contributed by atoms with E-state index in [9.17, 15) is 9.59 Å². The molecule has 0 aliphatic rings. The zero-order valence-corrected chi connectivity index (χ0v) is 11.0. The van der Waals surface area contributed by atoms with E-state index >= 15 is 0 Å². The number of hydrogen-bond donors (Lipinski definition) is 2. The summed E-state index contributed by atoms with van der Waals surface area (Å²) in [4.78, 5) is 27.3. The molecule has 1 rings (SSSR count).